The predicted octanol–water partition coefficient (Wildman–Crippen LogP) is -0.292. The molecule has 0 aromatic carbocycles. The van der Waals surface area contributed by atoms with E-state index in [1.807, 2.05) is 0 Å². The van der Waals surface area contributed by atoms with Crippen LogP contribution in [-0.4, -0.2) is 65.3 Å². The van der Waals surface area contributed by atoms with Crippen LogP contribution in [0.5, 0.6) is 0 Å². The topological polar surface area (TPSA) is 141 Å². The van der Waals surface area contributed by atoms with E-state index in [1.165, 1.54) is 0 Å². The molecule has 0 aromatic rings. The average Bonchev–Trinajstić information content (AvgIpc) is 2.92. The molecule has 25 heavy (non-hydrogen) atoms. The van der Waals surface area contributed by atoms with E-state index in [0.717, 1.165) is 0 Å². The summed E-state index contributed by atoms with van der Waals surface area (Å²) in [6.45, 7) is -1.11. The Hall–Kier alpha value is -0.910. The van der Waals surface area contributed by atoms with E-state index in [4.69, 9.17) is 11.6 Å². The van der Waals surface area contributed by atoms with Gasteiger partial charge < -0.3 is 9.47 Å². The van der Waals surface area contributed by atoms with Crippen molar-refractivity contribution in [2.75, 3.05) is 6.61 Å². The molecule has 3 saturated heterocycles. The first-order chi connectivity index (χ1) is 11.3. The van der Waals surface area contributed by atoms with E-state index < -0.39 is 69.2 Å². The van der Waals surface area contributed by atoms with Crippen LogP contribution in [0.1, 0.15) is 0 Å². The third-order valence-electron chi connectivity index (χ3n) is 3.36. The third-order valence-corrected chi connectivity index (χ3v) is 5.66. The molecule has 3 rings (SSSR count). The number of rotatable bonds is 1. The largest absolute Gasteiger partial charge is 0.509 e. The first kappa shape index (κ1) is 18.9. The second-order valence-electron chi connectivity index (χ2n) is 4.96. The minimum atomic E-state index is -5.26. The van der Waals surface area contributed by atoms with Crippen LogP contribution in [0, 0.1) is 0 Å². The molecule has 144 valence electrons. The van der Waals surface area contributed by atoms with Gasteiger partial charge in [-0.2, -0.15) is 30.0 Å². The first-order valence-electron chi connectivity index (χ1n) is 6.05. The van der Waals surface area contributed by atoms with Gasteiger partial charge in [-0.15, -0.1) is 0 Å². The molecule has 17 heteroatoms. The van der Waals surface area contributed by atoms with Gasteiger partial charge in [0, 0.05) is 0 Å². The number of cyclic esters (lactones) is 1. The highest BCUT2D eigenvalue weighted by molar-refractivity contribution is 7.82. The number of ether oxygens (including phenoxy) is 2. The molecule has 0 saturated carbocycles. The Morgan fingerprint density at radius 3 is 2.28 bits per heavy atom. The molecule has 3 fully saturated rings. The monoisotopic (exact) mass is 434 g/mol. The summed E-state index contributed by atoms with van der Waals surface area (Å²) in [5.74, 6) is 0. The fourth-order valence-corrected chi connectivity index (χ4v) is 4.60. The zero-order chi connectivity index (χ0) is 18.8. The number of halogens is 4. The molecule has 0 N–H and O–H groups in total. The summed E-state index contributed by atoms with van der Waals surface area (Å²) in [6.07, 6.45) is -14.6. The maximum absolute atomic E-state index is 13.0. The molecule has 0 aliphatic carbocycles. The zero-order valence-electron chi connectivity index (χ0n) is 11.3. The van der Waals surface area contributed by atoms with Crippen LogP contribution in [0.25, 0.3) is 0 Å². The summed E-state index contributed by atoms with van der Waals surface area (Å²) in [6, 6.07) is 0. The van der Waals surface area contributed by atoms with Crippen LogP contribution in [0.15, 0.2) is 0 Å². The predicted molar refractivity (Wildman–Crippen MR) is 64.4 cm³/mol. The molecule has 11 nitrogen and oxygen atoms in total. The molecule has 5 unspecified atom stereocenters. The minimum Gasteiger partial charge on any atom is -0.423 e. The van der Waals surface area contributed by atoms with Gasteiger partial charge in [0.15, 0.2) is 17.8 Å². The van der Waals surface area contributed by atoms with Crippen LogP contribution in [0.2, 0.25) is 0 Å². The number of alkyl halides is 4. The van der Waals surface area contributed by atoms with E-state index in [9.17, 15) is 34.8 Å². The molecule has 1 spiro atoms. The summed E-state index contributed by atoms with van der Waals surface area (Å²) >= 11 is 5.67. The van der Waals surface area contributed by atoms with Gasteiger partial charge in [0.05, 0.1) is 0 Å². The molecular formula is C8H6ClF3O11S2. The van der Waals surface area contributed by atoms with E-state index in [0.29, 0.717) is 0 Å². The highest BCUT2D eigenvalue weighted by Crippen LogP contribution is 2.46. The Labute approximate surface area is 142 Å². The Bertz CT molecular complexity index is 795. The molecule has 0 amide bonds. The van der Waals surface area contributed by atoms with Gasteiger partial charge in [0.1, 0.15) is 6.61 Å². The SMILES string of the molecule is O=C1OC(C2OS(=O)(=O)OC2C(F)(F)F)C2(COS(=O)(=O)OC2Cl)O1. The van der Waals surface area contributed by atoms with Crippen molar-refractivity contribution >= 4 is 38.6 Å². The summed E-state index contributed by atoms with van der Waals surface area (Å²) in [4.78, 5) is 11.4. The number of carbonyl (C=O) groups excluding carboxylic acids is 1. The molecule has 3 aliphatic heterocycles. The Morgan fingerprint density at radius 2 is 1.72 bits per heavy atom. The number of hydrogen-bond acceptors (Lipinski definition) is 11. The van der Waals surface area contributed by atoms with Crippen molar-refractivity contribution in [2.45, 2.75) is 35.7 Å². The maximum atomic E-state index is 13.0. The van der Waals surface area contributed by atoms with E-state index >= 15 is 0 Å². The quantitative estimate of drug-likeness (QED) is 0.397. The Morgan fingerprint density at radius 1 is 1.08 bits per heavy atom. The summed E-state index contributed by atoms with van der Waals surface area (Å²) < 4.78 is 110. The smallest absolute Gasteiger partial charge is 0.423 e. The van der Waals surface area contributed by atoms with Gasteiger partial charge in [-0.25, -0.2) is 21.5 Å². The van der Waals surface area contributed by atoms with Crippen molar-refractivity contribution in [3.63, 3.8) is 0 Å². The molecule has 5 atom stereocenters. The van der Waals surface area contributed by atoms with Gasteiger partial charge in [-0.3, -0.25) is 0 Å². The lowest BCUT2D eigenvalue weighted by Gasteiger charge is -2.38. The molecule has 0 radical (unpaired) electrons. The molecule has 0 aromatic heterocycles. The van der Waals surface area contributed by atoms with Gasteiger partial charge in [0.25, 0.3) is 0 Å². The number of hydrogen-bond donors (Lipinski definition) is 0. The van der Waals surface area contributed by atoms with Crippen molar-refractivity contribution in [2.24, 2.45) is 0 Å². The van der Waals surface area contributed by atoms with Crippen LogP contribution < -0.4 is 0 Å². The third kappa shape index (κ3) is 3.26. The molecule has 3 aliphatic rings. The van der Waals surface area contributed by atoms with Crippen LogP contribution in [0.4, 0.5) is 18.0 Å². The standard InChI is InChI=1S/C8H6ClF3O11S2/c9-5-7(1-18-24(14,15)23-5)3(19-6(13)20-7)2-4(8(10,11)12)22-25(16,17)21-2/h2-5H,1H2. The molecule has 3 heterocycles. The van der Waals surface area contributed by atoms with Crippen molar-refractivity contribution in [3.8, 4) is 0 Å². The second-order valence-corrected chi connectivity index (χ2v) is 7.80. The van der Waals surface area contributed by atoms with Crippen molar-refractivity contribution in [1.82, 2.24) is 0 Å². The highest BCUT2D eigenvalue weighted by atomic mass is 35.5. The number of carbonyl (C=O) groups is 1. The lowest BCUT2D eigenvalue weighted by molar-refractivity contribution is -0.217. The van der Waals surface area contributed by atoms with Crippen LogP contribution in [-0.2, 0) is 47.0 Å². The van der Waals surface area contributed by atoms with Gasteiger partial charge in [0.2, 0.25) is 11.7 Å². The van der Waals surface area contributed by atoms with E-state index in [1.54, 1.807) is 0 Å². The summed E-state index contributed by atoms with van der Waals surface area (Å²) in [5, 5.41) is 0. The van der Waals surface area contributed by atoms with E-state index in [2.05, 4.69) is 26.2 Å². The summed E-state index contributed by atoms with van der Waals surface area (Å²) in [5.41, 5.74) is -4.54. The van der Waals surface area contributed by atoms with Crippen molar-refractivity contribution in [1.29, 1.82) is 0 Å². The zero-order valence-corrected chi connectivity index (χ0v) is 13.7. The second kappa shape index (κ2) is 5.54. The van der Waals surface area contributed by atoms with Crippen molar-refractivity contribution in [3.05, 3.63) is 0 Å². The maximum Gasteiger partial charge on any atom is 0.509 e. The van der Waals surface area contributed by atoms with Crippen LogP contribution >= 0.6 is 11.6 Å². The lowest BCUT2D eigenvalue weighted by Crippen LogP contribution is -2.62. The highest BCUT2D eigenvalue weighted by Gasteiger charge is 2.70. The van der Waals surface area contributed by atoms with Gasteiger partial charge >= 0.3 is 33.1 Å². The summed E-state index contributed by atoms with van der Waals surface area (Å²) in [7, 11) is -9.70. The first-order valence-corrected chi connectivity index (χ1v) is 9.16. The van der Waals surface area contributed by atoms with Gasteiger partial charge in [-0.05, 0) is 0 Å². The van der Waals surface area contributed by atoms with Crippen LogP contribution in [0.3, 0.4) is 0 Å². The fraction of sp³-hybridized carbons (Fsp3) is 0.875. The molecule has 0 bridgehead atoms. The normalized spacial score (nSPS) is 43.0. The Kier molecular flexibility index (Phi) is 4.18. The van der Waals surface area contributed by atoms with Crippen molar-refractivity contribution < 1.29 is 61.0 Å². The lowest BCUT2D eigenvalue weighted by atomic mass is 9.91. The average molecular weight is 435 g/mol. The Balaban J connectivity index is 2.01. The van der Waals surface area contributed by atoms with Gasteiger partial charge in [-0.1, -0.05) is 11.6 Å². The minimum absolute atomic E-state index is 1.11. The fourth-order valence-electron chi connectivity index (χ4n) is 2.36. The van der Waals surface area contributed by atoms with E-state index in [-0.39, 0.29) is 0 Å². The molecular weight excluding hydrogens is 429 g/mol.